The van der Waals surface area contributed by atoms with E-state index in [9.17, 15) is 4.79 Å². The lowest BCUT2D eigenvalue weighted by atomic mass is 10.3. The first-order chi connectivity index (χ1) is 10.1. The van der Waals surface area contributed by atoms with Gasteiger partial charge in [0.1, 0.15) is 10.7 Å². The average molecular weight is 305 g/mol. The standard InChI is InChI=1S/C14H19N5OS/c1-4-19(5-2)14-18-12(15)11(21-14)13(20)17-10-7-6-8-16-9(10)3/h6-8H,4-5,15H2,1-3H3,(H,17,20). The van der Waals surface area contributed by atoms with Crippen LogP contribution in [0.3, 0.4) is 0 Å². The van der Waals surface area contributed by atoms with Crippen LogP contribution in [-0.2, 0) is 0 Å². The first-order valence-electron chi connectivity index (χ1n) is 6.81. The molecule has 2 aromatic rings. The normalized spacial score (nSPS) is 10.4. The van der Waals surface area contributed by atoms with Crippen molar-refractivity contribution in [1.82, 2.24) is 9.97 Å². The highest BCUT2D eigenvalue weighted by Gasteiger charge is 2.19. The van der Waals surface area contributed by atoms with Crippen LogP contribution in [0.1, 0.15) is 29.2 Å². The molecule has 2 rings (SSSR count). The molecule has 6 nitrogen and oxygen atoms in total. The number of carbonyl (C=O) groups is 1. The molecule has 0 aliphatic carbocycles. The summed E-state index contributed by atoms with van der Waals surface area (Å²) in [6, 6.07) is 3.59. The zero-order valence-electron chi connectivity index (χ0n) is 12.4. The molecule has 0 aliphatic heterocycles. The molecule has 0 aromatic carbocycles. The van der Waals surface area contributed by atoms with Crippen LogP contribution in [0.15, 0.2) is 18.3 Å². The molecule has 2 aromatic heterocycles. The smallest absolute Gasteiger partial charge is 0.269 e. The van der Waals surface area contributed by atoms with Crippen molar-refractivity contribution in [3.8, 4) is 0 Å². The summed E-state index contributed by atoms with van der Waals surface area (Å²) in [5.74, 6) is 0.0143. The Bertz CT molecular complexity index is 636. The van der Waals surface area contributed by atoms with E-state index in [1.807, 2.05) is 26.8 Å². The zero-order chi connectivity index (χ0) is 15.4. The van der Waals surface area contributed by atoms with Crippen LogP contribution in [0, 0.1) is 6.92 Å². The molecular formula is C14H19N5OS. The van der Waals surface area contributed by atoms with Gasteiger partial charge in [-0.1, -0.05) is 11.3 Å². The third kappa shape index (κ3) is 3.30. The van der Waals surface area contributed by atoms with E-state index < -0.39 is 0 Å². The summed E-state index contributed by atoms with van der Waals surface area (Å²) in [6.45, 7) is 7.57. The quantitative estimate of drug-likeness (QED) is 0.886. The molecule has 0 aliphatic rings. The van der Waals surface area contributed by atoms with Gasteiger partial charge in [-0.3, -0.25) is 9.78 Å². The Kier molecular flexibility index (Phi) is 4.74. The number of amides is 1. The molecule has 0 unspecified atom stereocenters. The van der Waals surface area contributed by atoms with E-state index in [0.29, 0.717) is 10.6 Å². The summed E-state index contributed by atoms with van der Waals surface area (Å²) in [5.41, 5.74) is 7.32. The van der Waals surface area contributed by atoms with E-state index in [2.05, 4.69) is 20.2 Å². The van der Waals surface area contributed by atoms with Crippen LogP contribution in [0.4, 0.5) is 16.6 Å². The third-order valence-corrected chi connectivity index (χ3v) is 4.27. The number of nitrogens with one attached hydrogen (secondary N) is 1. The Morgan fingerprint density at radius 2 is 2.14 bits per heavy atom. The van der Waals surface area contributed by atoms with Crippen LogP contribution in [0.25, 0.3) is 0 Å². The van der Waals surface area contributed by atoms with E-state index >= 15 is 0 Å². The molecule has 0 spiro atoms. The molecule has 0 atom stereocenters. The lowest BCUT2D eigenvalue weighted by Gasteiger charge is -2.16. The summed E-state index contributed by atoms with van der Waals surface area (Å²) in [5, 5.41) is 3.60. The Balaban J connectivity index is 2.22. The fourth-order valence-electron chi connectivity index (χ4n) is 1.91. The second kappa shape index (κ2) is 6.53. The number of pyridine rings is 1. The zero-order valence-corrected chi connectivity index (χ0v) is 13.2. The van der Waals surface area contributed by atoms with Crippen molar-refractivity contribution in [1.29, 1.82) is 0 Å². The fourth-order valence-corrected chi connectivity index (χ4v) is 2.92. The van der Waals surface area contributed by atoms with Crippen molar-refractivity contribution >= 4 is 33.9 Å². The van der Waals surface area contributed by atoms with Gasteiger partial charge in [-0.2, -0.15) is 0 Å². The molecule has 0 fully saturated rings. The van der Waals surface area contributed by atoms with Crippen molar-refractivity contribution in [2.24, 2.45) is 0 Å². The number of anilines is 3. The van der Waals surface area contributed by atoms with Gasteiger partial charge in [0.25, 0.3) is 5.91 Å². The topological polar surface area (TPSA) is 84.1 Å². The summed E-state index contributed by atoms with van der Waals surface area (Å²) < 4.78 is 0. The number of nitrogens with two attached hydrogens (primary N) is 1. The minimum Gasteiger partial charge on any atom is -0.382 e. The Hall–Kier alpha value is -2.15. The monoisotopic (exact) mass is 305 g/mol. The molecule has 7 heteroatoms. The van der Waals surface area contributed by atoms with Crippen molar-refractivity contribution < 1.29 is 4.79 Å². The number of carbonyl (C=O) groups excluding carboxylic acids is 1. The van der Waals surface area contributed by atoms with Gasteiger partial charge in [0.2, 0.25) is 0 Å². The number of nitrogen functional groups attached to an aromatic ring is 1. The first-order valence-corrected chi connectivity index (χ1v) is 7.62. The largest absolute Gasteiger partial charge is 0.382 e. The molecule has 3 N–H and O–H groups in total. The predicted octanol–water partition coefficient (Wildman–Crippen LogP) is 2.53. The van der Waals surface area contributed by atoms with Gasteiger partial charge in [-0.15, -0.1) is 0 Å². The molecule has 0 saturated heterocycles. The molecule has 0 bridgehead atoms. The van der Waals surface area contributed by atoms with E-state index in [1.165, 1.54) is 11.3 Å². The first kappa shape index (κ1) is 15.2. The number of aromatic nitrogens is 2. The highest BCUT2D eigenvalue weighted by molar-refractivity contribution is 7.18. The third-order valence-electron chi connectivity index (χ3n) is 3.14. The van der Waals surface area contributed by atoms with Gasteiger partial charge in [0.15, 0.2) is 5.13 Å². The number of aryl methyl sites for hydroxylation is 1. The van der Waals surface area contributed by atoms with Crippen molar-refractivity contribution in [2.45, 2.75) is 20.8 Å². The predicted molar refractivity (Wildman–Crippen MR) is 87.0 cm³/mol. The molecule has 2 heterocycles. The number of thiazole rings is 1. The molecule has 1 amide bonds. The highest BCUT2D eigenvalue weighted by atomic mass is 32.1. The highest BCUT2D eigenvalue weighted by Crippen LogP contribution is 2.28. The number of hydrogen-bond acceptors (Lipinski definition) is 6. The SMILES string of the molecule is CCN(CC)c1nc(N)c(C(=O)Nc2cccnc2C)s1. The summed E-state index contributed by atoms with van der Waals surface area (Å²) in [7, 11) is 0. The lowest BCUT2D eigenvalue weighted by Crippen LogP contribution is -2.21. The van der Waals surface area contributed by atoms with Crippen LogP contribution in [0.5, 0.6) is 0 Å². The Labute approximate surface area is 128 Å². The average Bonchev–Trinajstić information content (AvgIpc) is 2.85. The van der Waals surface area contributed by atoms with Gasteiger partial charge in [0.05, 0.1) is 11.4 Å². The van der Waals surface area contributed by atoms with Gasteiger partial charge in [-0.25, -0.2) is 4.98 Å². The summed E-state index contributed by atoms with van der Waals surface area (Å²) >= 11 is 1.31. The van der Waals surface area contributed by atoms with Gasteiger partial charge < -0.3 is 16.0 Å². The van der Waals surface area contributed by atoms with Gasteiger partial charge in [-0.05, 0) is 32.9 Å². The molecule has 0 radical (unpaired) electrons. The van der Waals surface area contributed by atoms with Crippen molar-refractivity contribution in [3.05, 3.63) is 28.9 Å². The van der Waals surface area contributed by atoms with Gasteiger partial charge in [0, 0.05) is 19.3 Å². The Morgan fingerprint density at radius 1 is 1.43 bits per heavy atom. The molecule has 112 valence electrons. The van der Waals surface area contributed by atoms with E-state index in [1.54, 1.807) is 12.3 Å². The maximum Gasteiger partial charge on any atom is 0.269 e. The van der Waals surface area contributed by atoms with Crippen LogP contribution < -0.4 is 16.0 Å². The molecule has 0 saturated carbocycles. The van der Waals surface area contributed by atoms with E-state index in [-0.39, 0.29) is 11.7 Å². The maximum absolute atomic E-state index is 12.3. The lowest BCUT2D eigenvalue weighted by molar-refractivity contribution is 0.103. The second-order valence-electron chi connectivity index (χ2n) is 4.47. The summed E-state index contributed by atoms with van der Waals surface area (Å²) in [6.07, 6.45) is 1.69. The maximum atomic E-state index is 12.3. The number of hydrogen-bond donors (Lipinski definition) is 2. The summed E-state index contributed by atoms with van der Waals surface area (Å²) in [4.78, 5) is 23.3. The van der Waals surface area contributed by atoms with E-state index in [4.69, 9.17) is 5.73 Å². The van der Waals surface area contributed by atoms with Crippen LogP contribution in [-0.4, -0.2) is 29.0 Å². The van der Waals surface area contributed by atoms with Crippen LogP contribution in [0.2, 0.25) is 0 Å². The minimum absolute atomic E-state index is 0.250. The minimum atomic E-state index is -0.250. The number of nitrogens with zero attached hydrogens (tertiary/aromatic N) is 3. The fraction of sp³-hybridized carbons (Fsp3) is 0.357. The van der Waals surface area contributed by atoms with Crippen molar-refractivity contribution in [3.63, 3.8) is 0 Å². The molecule has 21 heavy (non-hydrogen) atoms. The second-order valence-corrected chi connectivity index (χ2v) is 5.45. The van der Waals surface area contributed by atoms with Gasteiger partial charge >= 0.3 is 0 Å². The number of rotatable bonds is 5. The van der Waals surface area contributed by atoms with Crippen molar-refractivity contribution in [2.75, 3.05) is 29.0 Å². The van der Waals surface area contributed by atoms with E-state index in [0.717, 1.165) is 23.9 Å². The molecular weight excluding hydrogens is 286 g/mol. The Morgan fingerprint density at radius 3 is 2.76 bits per heavy atom. The van der Waals surface area contributed by atoms with Crippen LogP contribution >= 0.6 is 11.3 Å².